The van der Waals surface area contributed by atoms with Crippen LogP contribution in [0.1, 0.15) is 11.1 Å². The van der Waals surface area contributed by atoms with Crippen LogP contribution in [-0.4, -0.2) is 41.9 Å². The second-order valence-corrected chi connectivity index (χ2v) is 9.31. The van der Waals surface area contributed by atoms with Crippen molar-refractivity contribution in [3.05, 3.63) is 71.8 Å². The van der Waals surface area contributed by atoms with Crippen LogP contribution in [0.15, 0.2) is 60.7 Å². The van der Waals surface area contributed by atoms with Crippen molar-refractivity contribution >= 4 is 14.5 Å². The van der Waals surface area contributed by atoms with Crippen LogP contribution >= 0.6 is 0 Å². The van der Waals surface area contributed by atoms with Crippen LogP contribution in [-0.2, 0) is 22.3 Å². The first kappa shape index (κ1) is 17.8. The van der Waals surface area contributed by atoms with Crippen molar-refractivity contribution in [2.24, 2.45) is 5.41 Å². The van der Waals surface area contributed by atoms with E-state index in [4.69, 9.17) is 9.47 Å². The van der Waals surface area contributed by atoms with E-state index in [1.807, 2.05) is 0 Å². The topological polar surface area (TPSA) is 18.5 Å². The van der Waals surface area contributed by atoms with Gasteiger partial charge in [0.05, 0.1) is 0 Å². The summed E-state index contributed by atoms with van der Waals surface area (Å²) in [4.78, 5) is 0. The zero-order valence-corrected chi connectivity index (χ0v) is 17.0. The molecular formula is C23H24O2Se. The van der Waals surface area contributed by atoms with Gasteiger partial charge < -0.3 is 0 Å². The Kier molecular flexibility index (Phi) is 5.15. The molecule has 0 saturated carbocycles. The molecule has 3 heteroatoms. The van der Waals surface area contributed by atoms with Crippen LogP contribution < -0.4 is 0 Å². The number of methoxy groups -OCH3 is 2. The first-order chi connectivity index (χ1) is 12.8. The maximum atomic E-state index is 5.61. The first-order valence-corrected chi connectivity index (χ1v) is 10.7. The molecule has 0 spiro atoms. The molecule has 0 amide bonds. The summed E-state index contributed by atoms with van der Waals surface area (Å²) in [6, 6.07) is 21.8. The molecular weight excluding hydrogens is 387 g/mol. The molecule has 0 aliphatic heterocycles. The molecule has 134 valence electrons. The van der Waals surface area contributed by atoms with Crippen molar-refractivity contribution < 1.29 is 9.47 Å². The number of benzene rings is 2. The van der Waals surface area contributed by atoms with Gasteiger partial charge in [-0.05, 0) is 0 Å². The Morgan fingerprint density at radius 3 is 1.54 bits per heavy atom. The Bertz CT molecular complexity index is 796. The van der Waals surface area contributed by atoms with Gasteiger partial charge in [0.1, 0.15) is 0 Å². The summed E-state index contributed by atoms with van der Waals surface area (Å²) in [6.07, 6.45) is 2.10. The van der Waals surface area contributed by atoms with Crippen LogP contribution in [0.4, 0.5) is 0 Å². The Labute approximate surface area is 161 Å². The van der Waals surface area contributed by atoms with Crippen molar-refractivity contribution in [1.82, 2.24) is 0 Å². The molecule has 1 aliphatic carbocycles. The van der Waals surface area contributed by atoms with Crippen LogP contribution in [0.3, 0.4) is 0 Å². The van der Waals surface area contributed by atoms with E-state index >= 15 is 0 Å². The van der Waals surface area contributed by atoms with Gasteiger partial charge in [-0.3, -0.25) is 0 Å². The molecule has 0 unspecified atom stereocenters. The summed E-state index contributed by atoms with van der Waals surface area (Å²) in [6.45, 7) is 1.48. The fraction of sp³-hybridized carbons (Fsp3) is 0.304. The van der Waals surface area contributed by atoms with Gasteiger partial charge in [-0.1, -0.05) is 0 Å². The van der Waals surface area contributed by atoms with Gasteiger partial charge in [0.2, 0.25) is 0 Å². The van der Waals surface area contributed by atoms with Gasteiger partial charge >= 0.3 is 161 Å². The first-order valence-electron chi connectivity index (χ1n) is 8.99. The van der Waals surface area contributed by atoms with E-state index in [0.29, 0.717) is 14.5 Å². The van der Waals surface area contributed by atoms with Crippen LogP contribution in [0.5, 0.6) is 0 Å². The summed E-state index contributed by atoms with van der Waals surface area (Å²) in [5.74, 6) is 0. The average Bonchev–Trinajstić information content (AvgIpc) is 3.19. The number of ether oxygens (including phenoxy) is 2. The number of hydrogen-bond acceptors (Lipinski definition) is 2. The molecule has 0 atom stereocenters. The third kappa shape index (κ3) is 3.21. The molecule has 0 N–H and O–H groups in total. The zero-order valence-electron chi connectivity index (χ0n) is 15.3. The van der Waals surface area contributed by atoms with E-state index in [2.05, 4.69) is 60.7 Å². The fourth-order valence-electron chi connectivity index (χ4n) is 4.19. The molecule has 1 heterocycles. The third-order valence-electron chi connectivity index (χ3n) is 5.19. The molecule has 2 nitrogen and oxygen atoms in total. The van der Waals surface area contributed by atoms with E-state index in [1.165, 1.54) is 11.1 Å². The van der Waals surface area contributed by atoms with Crippen molar-refractivity contribution in [2.45, 2.75) is 12.8 Å². The summed E-state index contributed by atoms with van der Waals surface area (Å²) in [7, 11) is 3.60. The molecule has 26 heavy (non-hydrogen) atoms. The third-order valence-corrected chi connectivity index (χ3v) is 8.07. The van der Waals surface area contributed by atoms with Crippen molar-refractivity contribution in [3.8, 4) is 20.0 Å². The Morgan fingerprint density at radius 2 is 1.15 bits per heavy atom. The molecule has 2 aromatic carbocycles. The fourth-order valence-corrected chi connectivity index (χ4v) is 7.02. The van der Waals surface area contributed by atoms with Crippen molar-refractivity contribution in [2.75, 3.05) is 27.4 Å². The van der Waals surface area contributed by atoms with E-state index in [-0.39, 0.29) is 5.41 Å². The predicted octanol–water partition coefficient (Wildman–Crippen LogP) is 4.46. The quantitative estimate of drug-likeness (QED) is 0.558. The van der Waals surface area contributed by atoms with E-state index in [9.17, 15) is 0 Å². The molecule has 1 aliphatic rings. The second kappa shape index (κ2) is 7.54. The standard InChI is InChI=1S/C23H24O2Se/c1-24-15-23(16-25-2)13-19-20(14-23)22(18-11-7-4-8-12-18)26-21(19)17-9-5-3-6-10-17/h3-12H,13-16H2,1-2H3. The maximum absolute atomic E-state index is 5.61. The van der Waals surface area contributed by atoms with Crippen LogP contribution in [0.2, 0.25) is 0 Å². The average molecular weight is 411 g/mol. The molecule has 3 aromatic rings. The molecule has 4 rings (SSSR count). The molecule has 0 radical (unpaired) electrons. The SMILES string of the molecule is COCC1(COC)Cc2c(-c3ccccc3)[se]c(-c3ccccc3)c2C1. The molecule has 0 saturated heterocycles. The monoisotopic (exact) mass is 412 g/mol. The van der Waals surface area contributed by atoms with Crippen molar-refractivity contribution in [1.29, 1.82) is 0 Å². The Morgan fingerprint density at radius 1 is 0.731 bits per heavy atom. The van der Waals surface area contributed by atoms with E-state index < -0.39 is 0 Å². The number of fused-ring (bicyclic) bond motifs is 1. The van der Waals surface area contributed by atoms with Gasteiger partial charge in [0.25, 0.3) is 0 Å². The van der Waals surface area contributed by atoms with Gasteiger partial charge in [-0.25, -0.2) is 0 Å². The van der Waals surface area contributed by atoms with Gasteiger partial charge in [0.15, 0.2) is 0 Å². The van der Waals surface area contributed by atoms with Gasteiger partial charge in [-0.2, -0.15) is 0 Å². The molecule has 0 fully saturated rings. The predicted molar refractivity (Wildman–Crippen MR) is 108 cm³/mol. The summed E-state index contributed by atoms with van der Waals surface area (Å²) in [5, 5.41) is 0. The molecule has 1 aromatic heterocycles. The summed E-state index contributed by atoms with van der Waals surface area (Å²) in [5.41, 5.74) is 5.89. The van der Waals surface area contributed by atoms with Gasteiger partial charge in [-0.15, -0.1) is 0 Å². The summed E-state index contributed by atoms with van der Waals surface area (Å²) < 4.78 is 14.3. The van der Waals surface area contributed by atoms with Crippen molar-refractivity contribution in [3.63, 3.8) is 0 Å². The number of hydrogen-bond donors (Lipinski definition) is 0. The van der Waals surface area contributed by atoms with Gasteiger partial charge in [0, 0.05) is 0 Å². The Hall–Kier alpha value is -1.64. The number of rotatable bonds is 6. The minimum atomic E-state index is 0.0602. The van der Waals surface area contributed by atoms with Crippen LogP contribution in [0.25, 0.3) is 20.0 Å². The Balaban J connectivity index is 1.85. The second-order valence-electron chi connectivity index (χ2n) is 7.17. The molecule has 0 bridgehead atoms. The van der Waals surface area contributed by atoms with E-state index in [0.717, 1.165) is 26.1 Å². The van der Waals surface area contributed by atoms with Crippen LogP contribution in [0, 0.1) is 5.41 Å². The zero-order chi connectivity index (χ0) is 18.0. The summed E-state index contributed by atoms with van der Waals surface area (Å²) >= 11 is 0.347. The minimum absolute atomic E-state index is 0.0602. The normalized spacial score (nSPS) is 15.2. The van der Waals surface area contributed by atoms with E-state index in [1.54, 1.807) is 34.2 Å².